The van der Waals surface area contributed by atoms with Crippen molar-refractivity contribution in [3.8, 4) is 11.5 Å². The largest absolute Gasteiger partial charge is 0.493 e. The first-order valence-electron chi connectivity index (χ1n) is 10.2. The second kappa shape index (κ2) is 9.73. The van der Waals surface area contributed by atoms with Crippen LogP contribution in [0.1, 0.15) is 44.0 Å². The predicted octanol–water partition coefficient (Wildman–Crippen LogP) is 2.36. The van der Waals surface area contributed by atoms with Crippen molar-refractivity contribution in [2.45, 2.75) is 58.3 Å². The molecule has 29 heavy (non-hydrogen) atoms. The Bertz CT molecular complexity index is 786. The molecule has 1 N–H and O–H groups in total. The lowest BCUT2D eigenvalue weighted by atomic mass is 10.1. The quantitative estimate of drug-likeness (QED) is 0.731. The summed E-state index contributed by atoms with van der Waals surface area (Å²) < 4.78 is 13.4. The van der Waals surface area contributed by atoms with Crippen molar-refractivity contribution >= 4 is 5.91 Å². The molecule has 1 amide bonds. The summed E-state index contributed by atoms with van der Waals surface area (Å²) in [6.07, 6.45) is 5.17. The Kier molecular flexibility index (Phi) is 7.09. The molecular formula is C21H31N5O3. The van der Waals surface area contributed by atoms with Crippen LogP contribution in [0.5, 0.6) is 11.5 Å². The van der Waals surface area contributed by atoms with Crippen LogP contribution in [0.2, 0.25) is 0 Å². The summed E-state index contributed by atoms with van der Waals surface area (Å²) in [5.41, 5.74) is 0.547. The Morgan fingerprint density at radius 3 is 2.62 bits per heavy atom. The molecule has 1 atom stereocenters. The van der Waals surface area contributed by atoms with Gasteiger partial charge in [-0.05, 0) is 51.8 Å². The summed E-state index contributed by atoms with van der Waals surface area (Å²) in [5.74, 6) is 1.11. The van der Waals surface area contributed by atoms with E-state index in [1.165, 1.54) is 6.33 Å². The molecule has 8 nitrogen and oxygen atoms in total. The second-order valence-electron chi connectivity index (χ2n) is 7.80. The van der Waals surface area contributed by atoms with E-state index in [0.717, 1.165) is 25.9 Å². The van der Waals surface area contributed by atoms with Gasteiger partial charge in [-0.15, -0.1) is 0 Å². The molecule has 1 aromatic carbocycles. The Balaban J connectivity index is 1.62. The standard InChI is InChI=1S/C21H31N5O3/c1-15(2)25-9-7-18(8-10-25)29-20-11-17(5-6-19(20)28-4)21(27)24-16(3)12-26-14-22-13-23-26/h5-6,11,13-16,18H,7-10,12H2,1-4H3,(H,24,27)/t16-/m0/s1. The van der Waals surface area contributed by atoms with E-state index in [1.54, 1.807) is 36.3 Å². The lowest BCUT2D eigenvalue weighted by Gasteiger charge is -2.34. The maximum atomic E-state index is 12.7. The molecule has 0 radical (unpaired) electrons. The highest BCUT2D eigenvalue weighted by Gasteiger charge is 2.23. The molecule has 158 valence electrons. The van der Waals surface area contributed by atoms with Gasteiger partial charge in [-0.1, -0.05) is 0 Å². The molecule has 0 spiro atoms. The van der Waals surface area contributed by atoms with E-state index in [9.17, 15) is 4.79 Å². The van der Waals surface area contributed by atoms with Crippen molar-refractivity contribution in [2.75, 3.05) is 20.2 Å². The van der Waals surface area contributed by atoms with E-state index >= 15 is 0 Å². The SMILES string of the molecule is COc1ccc(C(=O)N[C@@H](C)Cn2cncn2)cc1OC1CCN(C(C)C)CC1. The van der Waals surface area contributed by atoms with Crippen LogP contribution in [-0.2, 0) is 6.54 Å². The summed E-state index contributed by atoms with van der Waals surface area (Å²) >= 11 is 0. The van der Waals surface area contributed by atoms with Gasteiger partial charge in [0.2, 0.25) is 0 Å². The first-order chi connectivity index (χ1) is 14.0. The number of amides is 1. The zero-order chi connectivity index (χ0) is 20.8. The van der Waals surface area contributed by atoms with Crippen LogP contribution in [-0.4, -0.2) is 64.0 Å². The molecule has 8 heteroatoms. The number of nitrogens with one attached hydrogen (secondary N) is 1. The maximum Gasteiger partial charge on any atom is 0.251 e. The Labute approximate surface area is 172 Å². The van der Waals surface area contributed by atoms with Gasteiger partial charge in [0.1, 0.15) is 18.8 Å². The number of hydrogen-bond acceptors (Lipinski definition) is 6. The van der Waals surface area contributed by atoms with Crippen molar-refractivity contribution in [1.29, 1.82) is 0 Å². The molecule has 0 saturated carbocycles. The third-order valence-corrected chi connectivity index (χ3v) is 5.23. The summed E-state index contributed by atoms with van der Waals surface area (Å²) in [6, 6.07) is 5.78. The van der Waals surface area contributed by atoms with Crippen molar-refractivity contribution in [3.63, 3.8) is 0 Å². The van der Waals surface area contributed by atoms with Crippen molar-refractivity contribution in [1.82, 2.24) is 25.0 Å². The minimum atomic E-state index is -0.153. The summed E-state index contributed by atoms with van der Waals surface area (Å²) in [6.45, 7) is 8.96. The number of benzene rings is 1. The normalized spacial score (nSPS) is 16.6. The van der Waals surface area contributed by atoms with Gasteiger partial charge in [0.05, 0.1) is 13.7 Å². The van der Waals surface area contributed by atoms with Crippen molar-refractivity contribution < 1.29 is 14.3 Å². The number of rotatable bonds is 8. The Hall–Kier alpha value is -2.61. The van der Waals surface area contributed by atoms with E-state index in [1.807, 2.05) is 6.92 Å². The van der Waals surface area contributed by atoms with Gasteiger partial charge in [-0.3, -0.25) is 9.48 Å². The van der Waals surface area contributed by atoms with Gasteiger partial charge in [0, 0.05) is 30.7 Å². The fourth-order valence-electron chi connectivity index (χ4n) is 3.56. The van der Waals surface area contributed by atoms with E-state index in [2.05, 4.69) is 34.1 Å². The molecule has 2 aromatic rings. The monoisotopic (exact) mass is 401 g/mol. The molecule has 0 unspecified atom stereocenters. The van der Waals surface area contributed by atoms with Gasteiger partial charge in [0.15, 0.2) is 11.5 Å². The molecule has 1 aliphatic rings. The van der Waals surface area contributed by atoms with Crippen LogP contribution in [0.3, 0.4) is 0 Å². The van der Waals surface area contributed by atoms with Crippen molar-refractivity contribution in [3.05, 3.63) is 36.4 Å². The molecule has 1 aliphatic heterocycles. The average molecular weight is 402 g/mol. The number of carbonyl (C=O) groups is 1. The number of nitrogens with zero attached hydrogens (tertiary/aromatic N) is 4. The maximum absolute atomic E-state index is 12.7. The highest BCUT2D eigenvalue weighted by molar-refractivity contribution is 5.95. The zero-order valence-electron chi connectivity index (χ0n) is 17.7. The average Bonchev–Trinajstić information content (AvgIpc) is 3.21. The molecule has 1 fully saturated rings. The molecule has 3 rings (SSSR count). The number of methoxy groups -OCH3 is 1. The Morgan fingerprint density at radius 2 is 2.00 bits per heavy atom. The molecule has 1 saturated heterocycles. The number of likely N-dealkylation sites (tertiary alicyclic amines) is 1. The highest BCUT2D eigenvalue weighted by atomic mass is 16.5. The van der Waals surface area contributed by atoms with Crippen LogP contribution < -0.4 is 14.8 Å². The van der Waals surface area contributed by atoms with Gasteiger partial charge < -0.3 is 19.7 Å². The highest BCUT2D eigenvalue weighted by Crippen LogP contribution is 2.31. The minimum Gasteiger partial charge on any atom is -0.493 e. The predicted molar refractivity (Wildman–Crippen MR) is 110 cm³/mol. The fourth-order valence-corrected chi connectivity index (χ4v) is 3.56. The van der Waals surface area contributed by atoms with Crippen molar-refractivity contribution in [2.24, 2.45) is 0 Å². The van der Waals surface area contributed by atoms with E-state index in [-0.39, 0.29) is 18.1 Å². The number of ether oxygens (including phenoxy) is 2. The van der Waals surface area contributed by atoms with E-state index in [4.69, 9.17) is 9.47 Å². The van der Waals surface area contributed by atoms with Gasteiger partial charge in [0.25, 0.3) is 5.91 Å². The van der Waals surface area contributed by atoms with E-state index < -0.39 is 0 Å². The number of carbonyl (C=O) groups excluding carboxylic acids is 1. The summed E-state index contributed by atoms with van der Waals surface area (Å²) in [4.78, 5) is 19.1. The van der Waals surface area contributed by atoms with Crippen LogP contribution in [0.4, 0.5) is 0 Å². The minimum absolute atomic E-state index is 0.0870. The first kappa shape index (κ1) is 21.1. The first-order valence-corrected chi connectivity index (χ1v) is 10.2. The summed E-state index contributed by atoms with van der Waals surface area (Å²) in [7, 11) is 1.61. The second-order valence-corrected chi connectivity index (χ2v) is 7.80. The summed E-state index contributed by atoms with van der Waals surface area (Å²) in [5, 5.41) is 7.06. The lowest BCUT2D eigenvalue weighted by molar-refractivity contribution is 0.0818. The molecular weight excluding hydrogens is 370 g/mol. The third-order valence-electron chi connectivity index (χ3n) is 5.23. The Morgan fingerprint density at radius 1 is 1.24 bits per heavy atom. The van der Waals surface area contributed by atoms with Gasteiger partial charge >= 0.3 is 0 Å². The van der Waals surface area contributed by atoms with Crippen LogP contribution >= 0.6 is 0 Å². The van der Waals surface area contributed by atoms with E-state index in [0.29, 0.717) is 29.6 Å². The smallest absolute Gasteiger partial charge is 0.251 e. The molecule has 0 bridgehead atoms. The van der Waals surface area contributed by atoms with Gasteiger partial charge in [-0.2, -0.15) is 5.10 Å². The molecule has 2 heterocycles. The number of aromatic nitrogens is 3. The molecule has 1 aromatic heterocycles. The lowest BCUT2D eigenvalue weighted by Crippen LogP contribution is -2.41. The fraction of sp³-hybridized carbons (Fsp3) is 0.571. The van der Waals surface area contributed by atoms with Crippen LogP contribution in [0, 0.1) is 0 Å². The molecule has 0 aliphatic carbocycles. The number of piperidine rings is 1. The third kappa shape index (κ3) is 5.69. The van der Waals surface area contributed by atoms with Gasteiger partial charge in [-0.25, -0.2) is 4.98 Å². The number of hydrogen-bond donors (Lipinski definition) is 1. The topological polar surface area (TPSA) is 81.5 Å². The van der Waals surface area contributed by atoms with Crippen LogP contribution in [0.25, 0.3) is 0 Å². The van der Waals surface area contributed by atoms with Crippen LogP contribution in [0.15, 0.2) is 30.9 Å². The zero-order valence-corrected chi connectivity index (χ0v) is 17.7.